The standard InChI is InChI=1S/C19H26N4O3/c1-4-16(12-24)21-18(25)19(26)22-17-9-10-20-23(17)11-14-5-7-15(8-6-14)13(2)3/h5-10,13,16,24H,4,11-12H2,1-3H3,(H,21,25)(H,22,26)/t16-/m0/s1. The lowest BCUT2D eigenvalue weighted by Crippen LogP contribution is -2.43. The van der Waals surface area contributed by atoms with Crippen LogP contribution in [0, 0.1) is 0 Å². The number of nitrogens with zero attached hydrogens (tertiary/aromatic N) is 2. The highest BCUT2D eigenvalue weighted by molar-refractivity contribution is 6.39. The fourth-order valence-corrected chi connectivity index (χ4v) is 2.45. The summed E-state index contributed by atoms with van der Waals surface area (Å²) in [5.74, 6) is -0.656. The number of hydrogen-bond donors (Lipinski definition) is 3. The zero-order chi connectivity index (χ0) is 19.1. The van der Waals surface area contributed by atoms with Crippen molar-refractivity contribution in [3.05, 3.63) is 47.7 Å². The number of amides is 2. The molecule has 1 aromatic carbocycles. The fraction of sp³-hybridized carbons (Fsp3) is 0.421. The van der Waals surface area contributed by atoms with Gasteiger partial charge in [0.1, 0.15) is 5.82 Å². The Labute approximate surface area is 153 Å². The number of nitrogens with one attached hydrogen (secondary N) is 2. The molecule has 2 rings (SSSR count). The Morgan fingerprint density at radius 2 is 1.85 bits per heavy atom. The van der Waals surface area contributed by atoms with Crippen molar-refractivity contribution in [1.29, 1.82) is 0 Å². The van der Waals surface area contributed by atoms with Gasteiger partial charge in [0.2, 0.25) is 0 Å². The molecule has 7 nitrogen and oxygen atoms in total. The fourth-order valence-electron chi connectivity index (χ4n) is 2.45. The van der Waals surface area contributed by atoms with Gasteiger partial charge in [-0.3, -0.25) is 9.59 Å². The first-order valence-corrected chi connectivity index (χ1v) is 8.78. The summed E-state index contributed by atoms with van der Waals surface area (Å²) in [5.41, 5.74) is 2.30. The summed E-state index contributed by atoms with van der Waals surface area (Å²) in [6.07, 6.45) is 2.11. The smallest absolute Gasteiger partial charge is 0.314 e. The molecule has 1 heterocycles. The summed E-state index contributed by atoms with van der Waals surface area (Å²) in [4.78, 5) is 24.0. The Kier molecular flexibility index (Phi) is 6.91. The van der Waals surface area contributed by atoms with E-state index >= 15 is 0 Å². The van der Waals surface area contributed by atoms with E-state index in [-0.39, 0.29) is 6.61 Å². The minimum atomic E-state index is -0.784. The lowest BCUT2D eigenvalue weighted by molar-refractivity contribution is -0.136. The number of carbonyl (C=O) groups excluding carboxylic acids is 2. The van der Waals surface area contributed by atoms with Gasteiger partial charge in [0.05, 0.1) is 25.4 Å². The van der Waals surface area contributed by atoms with E-state index in [0.717, 1.165) is 5.56 Å². The summed E-state index contributed by atoms with van der Waals surface area (Å²) in [6.45, 7) is 6.37. The molecule has 0 fully saturated rings. The Hall–Kier alpha value is -2.67. The van der Waals surface area contributed by atoms with Gasteiger partial charge in [-0.05, 0) is 23.5 Å². The van der Waals surface area contributed by atoms with Crippen LogP contribution in [0.15, 0.2) is 36.5 Å². The maximum absolute atomic E-state index is 12.1. The number of aliphatic hydroxyl groups is 1. The third-order valence-electron chi connectivity index (χ3n) is 4.19. The van der Waals surface area contributed by atoms with Crippen LogP contribution in [0.4, 0.5) is 5.82 Å². The second kappa shape index (κ2) is 9.15. The molecule has 0 saturated heterocycles. The largest absolute Gasteiger partial charge is 0.394 e. The van der Waals surface area contributed by atoms with Crippen LogP contribution < -0.4 is 10.6 Å². The van der Waals surface area contributed by atoms with Crippen molar-refractivity contribution < 1.29 is 14.7 Å². The maximum atomic E-state index is 12.1. The molecule has 0 aliphatic carbocycles. The Morgan fingerprint density at radius 1 is 1.15 bits per heavy atom. The van der Waals surface area contributed by atoms with Crippen LogP contribution in [0.5, 0.6) is 0 Å². The van der Waals surface area contributed by atoms with E-state index in [1.165, 1.54) is 5.56 Å². The first kappa shape index (κ1) is 19.7. The lowest BCUT2D eigenvalue weighted by Gasteiger charge is -2.14. The first-order valence-electron chi connectivity index (χ1n) is 8.78. The first-order chi connectivity index (χ1) is 12.4. The van der Waals surface area contributed by atoms with Crippen molar-refractivity contribution in [3.8, 4) is 0 Å². The van der Waals surface area contributed by atoms with Crippen LogP contribution in [0.25, 0.3) is 0 Å². The number of anilines is 1. The van der Waals surface area contributed by atoms with Crippen LogP contribution in [0.3, 0.4) is 0 Å². The predicted molar refractivity (Wildman–Crippen MR) is 99.8 cm³/mol. The van der Waals surface area contributed by atoms with Crippen molar-refractivity contribution in [2.45, 2.75) is 45.7 Å². The summed E-state index contributed by atoms with van der Waals surface area (Å²) in [6, 6.07) is 9.42. The monoisotopic (exact) mass is 358 g/mol. The zero-order valence-corrected chi connectivity index (χ0v) is 15.4. The van der Waals surface area contributed by atoms with Gasteiger partial charge in [-0.25, -0.2) is 4.68 Å². The van der Waals surface area contributed by atoms with Gasteiger partial charge in [0.15, 0.2) is 0 Å². The minimum absolute atomic E-state index is 0.209. The Bertz CT molecular complexity index is 733. The average Bonchev–Trinajstić information content (AvgIpc) is 3.06. The molecule has 3 N–H and O–H groups in total. The van der Waals surface area contributed by atoms with Crippen molar-refractivity contribution in [3.63, 3.8) is 0 Å². The van der Waals surface area contributed by atoms with E-state index in [2.05, 4.69) is 41.7 Å². The summed E-state index contributed by atoms with van der Waals surface area (Å²) >= 11 is 0. The predicted octanol–water partition coefficient (Wildman–Crippen LogP) is 1.88. The van der Waals surface area contributed by atoms with E-state index in [9.17, 15) is 9.59 Å². The van der Waals surface area contributed by atoms with Gasteiger partial charge in [-0.15, -0.1) is 0 Å². The molecule has 0 saturated carbocycles. The SMILES string of the molecule is CC[C@@H](CO)NC(=O)C(=O)Nc1ccnn1Cc1ccc(C(C)C)cc1. The molecule has 140 valence electrons. The van der Waals surface area contributed by atoms with E-state index < -0.39 is 17.9 Å². The Morgan fingerprint density at radius 3 is 2.42 bits per heavy atom. The maximum Gasteiger partial charge on any atom is 0.314 e. The minimum Gasteiger partial charge on any atom is -0.394 e. The molecule has 0 spiro atoms. The van der Waals surface area contributed by atoms with E-state index in [1.807, 2.05) is 19.1 Å². The molecule has 0 radical (unpaired) electrons. The van der Waals surface area contributed by atoms with Gasteiger partial charge in [0.25, 0.3) is 0 Å². The normalized spacial score (nSPS) is 12.0. The lowest BCUT2D eigenvalue weighted by atomic mass is 10.0. The van der Waals surface area contributed by atoms with Crippen molar-refractivity contribution in [2.75, 3.05) is 11.9 Å². The van der Waals surface area contributed by atoms with Crippen LogP contribution in [0.1, 0.15) is 44.2 Å². The van der Waals surface area contributed by atoms with Crippen LogP contribution in [0.2, 0.25) is 0 Å². The van der Waals surface area contributed by atoms with Crippen LogP contribution in [-0.4, -0.2) is 39.4 Å². The zero-order valence-electron chi connectivity index (χ0n) is 15.4. The van der Waals surface area contributed by atoms with E-state index in [0.29, 0.717) is 24.7 Å². The van der Waals surface area contributed by atoms with Gasteiger partial charge in [-0.1, -0.05) is 45.0 Å². The second-order valence-corrected chi connectivity index (χ2v) is 6.49. The van der Waals surface area contributed by atoms with Gasteiger partial charge >= 0.3 is 11.8 Å². The molecular formula is C19H26N4O3. The highest BCUT2D eigenvalue weighted by atomic mass is 16.3. The molecule has 2 aromatic rings. The highest BCUT2D eigenvalue weighted by Gasteiger charge is 2.18. The number of hydrogen-bond acceptors (Lipinski definition) is 4. The Balaban J connectivity index is 2.01. The third-order valence-corrected chi connectivity index (χ3v) is 4.19. The molecule has 7 heteroatoms. The number of rotatable bonds is 7. The molecule has 0 unspecified atom stereocenters. The van der Waals surface area contributed by atoms with Gasteiger partial charge < -0.3 is 15.7 Å². The number of aromatic nitrogens is 2. The molecule has 0 aliphatic heterocycles. The topological polar surface area (TPSA) is 96.2 Å². The summed E-state index contributed by atoms with van der Waals surface area (Å²) in [5, 5.41) is 18.4. The van der Waals surface area contributed by atoms with Crippen LogP contribution >= 0.6 is 0 Å². The molecule has 2 amide bonds. The molecule has 0 bridgehead atoms. The number of carbonyl (C=O) groups is 2. The van der Waals surface area contributed by atoms with Gasteiger partial charge in [-0.2, -0.15) is 5.10 Å². The van der Waals surface area contributed by atoms with Crippen molar-refractivity contribution in [1.82, 2.24) is 15.1 Å². The van der Waals surface area contributed by atoms with E-state index in [4.69, 9.17) is 5.11 Å². The van der Waals surface area contributed by atoms with Gasteiger partial charge in [0, 0.05) is 6.07 Å². The summed E-state index contributed by atoms with van der Waals surface area (Å²) < 4.78 is 1.62. The van der Waals surface area contributed by atoms with E-state index in [1.54, 1.807) is 16.9 Å². The summed E-state index contributed by atoms with van der Waals surface area (Å²) in [7, 11) is 0. The molecule has 1 atom stereocenters. The van der Waals surface area contributed by atoms with Crippen LogP contribution in [-0.2, 0) is 16.1 Å². The average molecular weight is 358 g/mol. The molecule has 26 heavy (non-hydrogen) atoms. The molecule has 0 aliphatic rings. The second-order valence-electron chi connectivity index (χ2n) is 6.49. The molecule has 1 aromatic heterocycles. The third kappa shape index (κ3) is 5.16. The van der Waals surface area contributed by atoms with Crippen molar-refractivity contribution in [2.24, 2.45) is 0 Å². The number of benzene rings is 1. The van der Waals surface area contributed by atoms with Crippen molar-refractivity contribution >= 4 is 17.6 Å². The quantitative estimate of drug-likeness (QED) is 0.659. The number of aliphatic hydroxyl groups excluding tert-OH is 1. The molecular weight excluding hydrogens is 332 g/mol. The highest BCUT2D eigenvalue weighted by Crippen LogP contribution is 2.16.